The minimum absolute atomic E-state index is 0.110. The zero-order chi connectivity index (χ0) is 22.6. The van der Waals surface area contributed by atoms with E-state index in [1.165, 1.54) is 34.1 Å². The summed E-state index contributed by atoms with van der Waals surface area (Å²) in [5, 5.41) is 0. The van der Waals surface area contributed by atoms with Gasteiger partial charge in [0.2, 0.25) is 0 Å². The lowest BCUT2D eigenvalue weighted by molar-refractivity contribution is -0.118. The molecule has 162 valence electrons. The molecule has 5 rings (SSSR count). The lowest BCUT2D eigenvalue weighted by Crippen LogP contribution is -2.42. The molecule has 1 aliphatic carbocycles. The first kappa shape index (κ1) is 20.7. The molecule has 4 nitrogen and oxygen atoms in total. The lowest BCUT2D eigenvalue weighted by atomic mass is 9.73. The summed E-state index contributed by atoms with van der Waals surface area (Å²) >= 11 is 1.19. The van der Waals surface area contributed by atoms with Gasteiger partial charge < -0.3 is 0 Å². The highest BCUT2D eigenvalue weighted by atomic mass is 32.1. The topological polar surface area (TPSA) is 51.4 Å². The van der Waals surface area contributed by atoms with Crippen molar-refractivity contribution in [1.82, 2.24) is 4.57 Å². The zero-order valence-electron chi connectivity index (χ0n) is 17.6. The SMILES string of the molecule is CC1(C)CC(=O)C2=C(C1)N=c1sc(=Cc3ccc(F)cc3)c(=O)n1C2c1ccccc1F. The van der Waals surface area contributed by atoms with Crippen LogP contribution in [-0.4, -0.2) is 10.4 Å². The second kappa shape index (κ2) is 7.45. The molecule has 0 bridgehead atoms. The molecule has 1 unspecified atom stereocenters. The van der Waals surface area contributed by atoms with Crippen molar-refractivity contribution in [1.29, 1.82) is 0 Å². The summed E-state index contributed by atoms with van der Waals surface area (Å²) in [5.74, 6) is -0.949. The van der Waals surface area contributed by atoms with E-state index in [4.69, 9.17) is 4.99 Å². The summed E-state index contributed by atoms with van der Waals surface area (Å²) in [7, 11) is 0. The fourth-order valence-corrected chi connectivity index (χ4v) is 5.47. The highest BCUT2D eigenvalue weighted by Crippen LogP contribution is 2.43. The standard InChI is InChI=1S/C25H20F2N2O2S/c1-25(2)12-18-21(19(30)13-25)22(16-5-3-4-6-17(16)27)29-23(31)20(32-24(29)28-18)11-14-7-9-15(26)10-8-14/h3-11,22H,12-13H2,1-2H3. The molecule has 2 aromatic carbocycles. The second-order valence-corrected chi connectivity index (χ2v) is 9.97. The van der Waals surface area contributed by atoms with Gasteiger partial charge in [-0.05, 0) is 41.7 Å². The predicted octanol–water partition coefficient (Wildman–Crippen LogP) is 3.88. The van der Waals surface area contributed by atoms with Gasteiger partial charge in [-0.15, -0.1) is 0 Å². The first-order valence-corrected chi connectivity index (χ1v) is 11.1. The molecule has 0 amide bonds. The van der Waals surface area contributed by atoms with Gasteiger partial charge in [0.05, 0.1) is 16.3 Å². The average Bonchev–Trinajstić information content (AvgIpc) is 3.03. The van der Waals surface area contributed by atoms with Crippen LogP contribution in [0.5, 0.6) is 0 Å². The molecule has 0 spiro atoms. The molecule has 0 radical (unpaired) electrons. The number of hydrogen-bond acceptors (Lipinski definition) is 4. The minimum atomic E-state index is -0.860. The molecule has 32 heavy (non-hydrogen) atoms. The van der Waals surface area contributed by atoms with E-state index in [9.17, 15) is 18.4 Å². The molecule has 0 fully saturated rings. The van der Waals surface area contributed by atoms with E-state index in [-0.39, 0.29) is 28.1 Å². The number of thiazole rings is 1. The van der Waals surface area contributed by atoms with E-state index >= 15 is 0 Å². The normalized spacial score (nSPS) is 20.1. The number of allylic oxidation sites excluding steroid dienone is 2. The van der Waals surface area contributed by atoms with Crippen LogP contribution in [0.25, 0.3) is 6.08 Å². The number of benzene rings is 2. The monoisotopic (exact) mass is 450 g/mol. The molecule has 3 aromatic rings. The minimum Gasteiger partial charge on any atom is -0.294 e. The molecule has 0 saturated heterocycles. The Morgan fingerprint density at radius 1 is 1.06 bits per heavy atom. The summed E-state index contributed by atoms with van der Waals surface area (Å²) in [6.07, 6.45) is 2.55. The van der Waals surface area contributed by atoms with Crippen LogP contribution in [0.1, 0.15) is 43.9 Å². The number of ketones is 1. The van der Waals surface area contributed by atoms with Crippen LogP contribution in [0.15, 0.2) is 69.6 Å². The number of Topliss-reactive ketones (excluding diaryl/α,β-unsaturated/α-hetero) is 1. The summed E-state index contributed by atoms with van der Waals surface area (Å²) in [6.45, 7) is 4.01. The Hall–Kier alpha value is -3.19. The predicted molar refractivity (Wildman–Crippen MR) is 119 cm³/mol. The van der Waals surface area contributed by atoms with Gasteiger partial charge in [0.15, 0.2) is 10.6 Å². The molecular formula is C25H20F2N2O2S. The molecule has 1 aromatic heterocycles. The molecule has 2 aliphatic rings. The number of nitrogens with zero attached hydrogens (tertiary/aromatic N) is 2. The van der Waals surface area contributed by atoms with Crippen LogP contribution in [-0.2, 0) is 4.79 Å². The van der Waals surface area contributed by atoms with Crippen LogP contribution in [0.2, 0.25) is 0 Å². The van der Waals surface area contributed by atoms with Gasteiger partial charge in [-0.3, -0.25) is 14.2 Å². The third kappa shape index (κ3) is 3.46. The molecule has 2 heterocycles. The smallest absolute Gasteiger partial charge is 0.271 e. The van der Waals surface area contributed by atoms with Crippen LogP contribution in [0.4, 0.5) is 8.78 Å². The highest BCUT2D eigenvalue weighted by molar-refractivity contribution is 7.07. The second-order valence-electron chi connectivity index (χ2n) is 8.96. The molecule has 7 heteroatoms. The van der Waals surface area contributed by atoms with Gasteiger partial charge in [0, 0.05) is 17.6 Å². The largest absolute Gasteiger partial charge is 0.294 e. The van der Waals surface area contributed by atoms with E-state index in [1.54, 1.807) is 36.4 Å². The summed E-state index contributed by atoms with van der Waals surface area (Å²) < 4.78 is 30.0. The van der Waals surface area contributed by atoms with Crippen molar-refractivity contribution >= 4 is 23.2 Å². The fourth-order valence-electron chi connectivity index (χ4n) is 4.45. The number of halogens is 2. The maximum Gasteiger partial charge on any atom is 0.271 e. The maximum atomic E-state index is 14.9. The zero-order valence-corrected chi connectivity index (χ0v) is 18.4. The third-order valence-electron chi connectivity index (χ3n) is 5.86. The fraction of sp³-hybridized carbons (Fsp3) is 0.240. The number of carbonyl (C=O) groups is 1. The van der Waals surface area contributed by atoms with Gasteiger partial charge in [0.1, 0.15) is 11.6 Å². The van der Waals surface area contributed by atoms with E-state index in [0.717, 1.165) is 0 Å². The Morgan fingerprint density at radius 3 is 2.50 bits per heavy atom. The summed E-state index contributed by atoms with van der Waals surface area (Å²) in [6, 6.07) is 11.2. The van der Waals surface area contributed by atoms with Gasteiger partial charge in [-0.2, -0.15) is 0 Å². The van der Waals surface area contributed by atoms with Gasteiger partial charge >= 0.3 is 0 Å². The van der Waals surface area contributed by atoms with Crippen molar-refractivity contribution in [3.05, 3.63) is 102 Å². The van der Waals surface area contributed by atoms with Gasteiger partial charge in [0.25, 0.3) is 5.56 Å². The van der Waals surface area contributed by atoms with Crippen molar-refractivity contribution in [2.45, 2.75) is 32.7 Å². The van der Waals surface area contributed by atoms with Crippen molar-refractivity contribution in [2.24, 2.45) is 10.4 Å². The van der Waals surface area contributed by atoms with E-state index < -0.39 is 11.9 Å². The van der Waals surface area contributed by atoms with Crippen LogP contribution < -0.4 is 14.9 Å². The Bertz CT molecular complexity index is 1460. The Labute approximate surface area is 186 Å². The first-order chi connectivity index (χ1) is 15.2. The maximum absolute atomic E-state index is 14.9. The molecule has 0 saturated carbocycles. The summed E-state index contributed by atoms with van der Waals surface area (Å²) in [4.78, 5) is 31.8. The van der Waals surface area contributed by atoms with Crippen LogP contribution in [0.3, 0.4) is 0 Å². The highest BCUT2D eigenvalue weighted by Gasteiger charge is 2.41. The molecule has 1 aliphatic heterocycles. The van der Waals surface area contributed by atoms with Crippen molar-refractivity contribution in [3.63, 3.8) is 0 Å². The van der Waals surface area contributed by atoms with E-state index in [1.807, 2.05) is 13.8 Å². The van der Waals surface area contributed by atoms with E-state index in [0.29, 0.717) is 39.0 Å². The molecule has 0 N–H and O–H groups in total. The van der Waals surface area contributed by atoms with Crippen molar-refractivity contribution in [3.8, 4) is 0 Å². The number of rotatable bonds is 2. The van der Waals surface area contributed by atoms with Crippen LogP contribution >= 0.6 is 11.3 Å². The summed E-state index contributed by atoms with van der Waals surface area (Å²) in [5.41, 5.74) is 1.35. The Morgan fingerprint density at radius 2 is 1.78 bits per heavy atom. The average molecular weight is 451 g/mol. The Balaban J connectivity index is 1.79. The first-order valence-electron chi connectivity index (χ1n) is 10.3. The van der Waals surface area contributed by atoms with E-state index in [2.05, 4.69) is 0 Å². The number of carbonyl (C=O) groups excluding carboxylic acids is 1. The van der Waals surface area contributed by atoms with Crippen LogP contribution in [0, 0.1) is 17.0 Å². The Kier molecular flexibility index (Phi) is 4.82. The molecule has 1 atom stereocenters. The lowest BCUT2D eigenvalue weighted by Gasteiger charge is -2.35. The molecular weight excluding hydrogens is 430 g/mol. The number of hydrogen-bond donors (Lipinski definition) is 0. The van der Waals surface area contributed by atoms with Gasteiger partial charge in [-0.25, -0.2) is 13.8 Å². The van der Waals surface area contributed by atoms with Gasteiger partial charge in [-0.1, -0.05) is 55.5 Å². The third-order valence-corrected chi connectivity index (χ3v) is 6.85. The number of aromatic nitrogens is 1. The van der Waals surface area contributed by atoms with Crippen molar-refractivity contribution in [2.75, 3.05) is 0 Å². The number of fused-ring (bicyclic) bond motifs is 1. The van der Waals surface area contributed by atoms with Crippen molar-refractivity contribution < 1.29 is 13.6 Å². The quantitative estimate of drug-likeness (QED) is 0.595.